The molecular weight excluding hydrogens is 249 g/mol. The minimum Gasteiger partial charge on any atom is -0.497 e. The van der Waals surface area contributed by atoms with E-state index in [9.17, 15) is 18.0 Å². The lowest BCUT2D eigenvalue weighted by Gasteiger charge is -2.13. The molecule has 3 nitrogen and oxygen atoms in total. The molecule has 1 aromatic carbocycles. The summed E-state index contributed by atoms with van der Waals surface area (Å²) in [5, 5.41) is 0. The fourth-order valence-corrected chi connectivity index (χ4v) is 1.36. The fourth-order valence-electron chi connectivity index (χ4n) is 1.36. The van der Waals surface area contributed by atoms with Gasteiger partial charge in [0.15, 0.2) is 0 Å². The van der Waals surface area contributed by atoms with Crippen LogP contribution in [0.2, 0.25) is 0 Å². The number of carbonyl (C=O) groups excluding carboxylic acids is 1. The van der Waals surface area contributed by atoms with Gasteiger partial charge < -0.3 is 9.47 Å². The van der Waals surface area contributed by atoms with Crippen molar-refractivity contribution in [1.82, 2.24) is 0 Å². The molecule has 0 aliphatic rings. The van der Waals surface area contributed by atoms with E-state index in [0.29, 0.717) is 0 Å². The van der Waals surface area contributed by atoms with Crippen LogP contribution in [-0.2, 0) is 15.7 Å². The van der Waals surface area contributed by atoms with Crippen LogP contribution in [-0.4, -0.2) is 20.2 Å². The highest BCUT2D eigenvalue weighted by Crippen LogP contribution is 2.34. The van der Waals surface area contributed by atoms with Gasteiger partial charge in [-0.05, 0) is 12.1 Å². The Hall–Kier alpha value is -1.98. The zero-order valence-electron chi connectivity index (χ0n) is 9.80. The van der Waals surface area contributed by atoms with Gasteiger partial charge in [0.05, 0.1) is 25.3 Å². The van der Waals surface area contributed by atoms with E-state index in [1.807, 2.05) is 0 Å². The fraction of sp³-hybridized carbons (Fsp3) is 0.250. The molecule has 0 aliphatic heterocycles. The normalized spacial score (nSPS) is 10.9. The minimum absolute atomic E-state index is 0.0805. The van der Waals surface area contributed by atoms with E-state index in [-0.39, 0.29) is 11.3 Å². The highest BCUT2D eigenvalue weighted by molar-refractivity contribution is 5.91. The maximum absolute atomic E-state index is 12.8. The maximum atomic E-state index is 12.8. The second-order valence-corrected chi connectivity index (χ2v) is 3.38. The molecular formula is C12H11F3O3. The summed E-state index contributed by atoms with van der Waals surface area (Å²) in [5.41, 5.74) is -1.47. The van der Waals surface area contributed by atoms with Crippen LogP contribution in [0.3, 0.4) is 0 Å². The summed E-state index contributed by atoms with van der Waals surface area (Å²) in [7, 11) is 2.31. The van der Waals surface area contributed by atoms with Gasteiger partial charge in [0, 0.05) is 5.56 Å². The molecule has 1 aromatic rings. The van der Waals surface area contributed by atoms with Crippen LogP contribution >= 0.6 is 0 Å². The first-order chi connectivity index (χ1) is 8.31. The summed E-state index contributed by atoms with van der Waals surface area (Å²) < 4.78 is 47.5. The Morgan fingerprint density at radius 3 is 2.28 bits per heavy atom. The van der Waals surface area contributed by atoms with Gasteiger partial charge >= 0.3 is 12.1 Å². The average Bonchev–Trinajstić information content (AvgIpc) is 2.35. The van der Waals surface area contributed by atoms with E-state index >= 15 is 0 Å². The summed E-state index contributed by atoms with van der Waals surface area (Å²) in [6, 6.07) is 3.15. The highest BCUT2D eigenvalue weighted by atomic mass is 19.4. The van der Waals surface area contributed by atoms with Crippen LogP contribution in [0.5, 0.6) is 0 Å². The quantitative estimate of drug-likeness (QED) is 0.618. The molecule has 98 valence electrons. The molecule has 0 radical (unpaired) electrons. The van der Waals surface area contributed by atoms with E-state index in [4.69, 9.17) is 4.74 Å². The number of esters is 1. The molecule has 0 saturated carbocycles. The van der Waals surface area contributed by atoms with Gasteiger partial charge in [0.1, 0.15) is 5.76 Å². The first kappa shape index (κ1) is 14.1. The number of benzene rings is 1. The lowest BCUT2D eigenvalue weighted by atomic mass is 10.0. The van der Waals surface area contributed by atoms with Crippen LogP contribution in [0, 0.1) is 0 Å². The third-order valence-electron chi connectivity index (χ3n) is 2.30. The van der Waals surface area contributed by atoms with E-state index in [2.05, 4.69) is 11.3 Å². The second kappa shape index (κ2) is 5.12. The third kappa shape index (κ3) is 2.82. The molecule has 0 fully saturated rings. The van der Waals surface area contributed by atoms with Crippen molar-refractivity contribution in [3.8, 4) is 0 Å². The molecule has 0 amide bonds. The first-order valence-corrected chi connectivity index (χ1v) is 4.84. The van der Waals surface area contributed by atoms with E-state index in [0.717, 1.165) is 19.2 Å². The Labute approximate surface area is 102 Å². The number of rotatable bonds is 3. The Bertz CT molecular complexity index is 478. The van der Waals surface area contributed by atoms with E-state index in [1.54, 1.807) is 0 Å². The SMILES string of the molecule is C=C(OC)c1ccc(C(=O)OC)c(C(F)(F)F)c1. The molecule has 0 unspecified atom stereocenters. The number of methoxy groups -OCH3 is 2. The molecule has 0 heterocycles. The number of ether oxygens (including phenoxy) is 2. The van der Waals surface area contributed by atoms with E-state index in [1.165, 1.54) is 13.2 Å². The van der Waals surface area contributed by atoms with Gasteiger partial charge in [-0.3, -0.25) is 0 Å². The van der Waals surface area contributed by atoms with E-state index < -0.39 is 23.3 Å². The lowest BCUT2D eigenvalue weighted by Crippen LogP contribution is -2.14. The molecule has 0 saturated heterocycles. The number of hydrogen-bond donors (Lipinski definition) is 0. The van der Waals surface area contributed by atoms with Crippen LogP contribution in [0.4, 0.5) is 13.2 Å². The molecule has 0 atom stereocenters. The van der Waals surface area contributed by atoms with Gasteiger partial charge in [0.25, 0.3) is 0 Å². The second-order valence-electron chi connectivity index (χ2n) is 3.38. The van der Waals surface area contributed by atoms with Crippen LogP contribution in [0.25, 0.3) is 5.76 Å². The standard InChI is InChI=1S/C12H11F3O3/c1-7(17-2)8-4-5-9(11(16)18-3)10(6-8)12(13,14)15/h4-6H,1H2,2-3H3. The van der Waals surface area contributed by atoms with Gasteiger partial charge in [0.2, 0.25) is 0 Å². The first-order valence-electron chi connectivity index (χ1n) is 4.84. The number of carbonyl (C=O) groups is 1. The van der Waals surface area contributed by atoms with Crippen molar-refractivity contribution in [1.29, 1.82) is 0 Å². The summed E-state index contributed by atoms with van der Waals surface area (Å²) in [6.45, 7) is 3.46. The molecule has 0 spiro atoms. The molecule has 1 rings (SSSR count). The van der Waals surface area contributed by atoms with Crippen molar-refractivity contribution in [3.05, 3.63) is 41.5 Å². The predicted molar refractivity (Wildman–Crippen MR) is 58.8 cm³/mol. The van der Waals surface area contributed by atoms with Crippen LogP contribution < -0.4 is 0 Å². The Morgan fingerprint density at radius 1 is 1.22 bits per heavy atom. The smallest absolute Gasteiger partial charge is 0.417 e. The summed E-state index contributed by atoms with van der Waals surface area (Å²) in [4.78, 5) is 11.3. The summed E-state index contributed by atoms with van der Waals surface area (Å²) >= 11 is 0. The molecule has 0 bridgehead atoms. The molecule has 6 heteroatoms. The number of alkyl halides is 3. The Morgan fingerprint density at radius 2 is 1.83 bits per heavy atom. The lowest BCUT2D eigenvalue weighted by molar-refractivity contribution is -0.138. The zero-order valence-corrected chi connectivity index (χ0v) is 9.80. The van der Waals surface area contributed by atoms with Gasteiger partial charge in [-0.2, -0.15) is 13.2 Å². The molecule has 0 aromatic heterocycles. The van der Waals surface area contributed by atoms with Crippen molar-refractivity contribution >= 4 is 11.7 Å². The van der Waals surface area contributed by atoms with Gasteiger partial charge in [-0.15, -0.1) is 0 Å². The average molecular weight is 260 g/mol. The molecule has 0 N–H and O–H groups in total. The summed E-state index contributed by atoms with van der Waals surface area (Å²) in [5.74, 6) is -0.964. The van der Waals surface area contributed by atoms with Crippen molar-refractivity contribution in [2.24, 2.45) is 0 Å². The van der Waals surface area contributed by atoms with Crippen molar-refractivity contribution < 1.29 is 27.4 Å². The van der Waals surface area contributed by atoms with Crippen LogP contribution in [0.1, 0.15) is 21.5 Å². The third-order valence-corrected chi connectivity index (χ3v) is 2.30. The van der Waals surface area contributed by atoms with Crippen molar-refractivity contribution in [2.45, 2.75) is 6.18 Å². The number of hydrogen-bond acceptors (Lipinski definition) is 3. The number of halogens is 3. The summed E-state index contributed by atoms with van der Waals surface area (Å²) in [6.07, 6.45) is -4.66. The highest BCUT2D eigenvalue weighted by Gasteiger charge is 2.36. The Balaban J connectivity index is 3.39. The predicted octanol–water partition coefficient (Wildman–Crippen LogP) is 3.11. The topological polar surface area (TPSA) is 35.5 Å². The monoisotopic (exact) mass is 260 g/mol. The zero-order chi connectivity index (χ0) is 13.9. The largest absolute Gasteiger partial charge is 0.497 e. The maximum Gasteiger partial charge on any atom is 0.417 e. The van der Waals surface area contributed by atoms with Crippen molar-refractivity contribution in [2.75, 3.05) is 14.2 Å². The van der Waals surface area contributed by atoms with Crippen molar-refractivity contribution in [3.63, 3.8) is 0 Å². The van der Waals surface area contributed by atoms with Crippen LogP contribution in [0.15, 0.2) is 24.8 Å². The van der Waals surface area contributed by atoms with Gasteiger partial charge in [-0.25, -0.2) is 4.79 Å². The van der Waals surface area contributed by atoms with Gasteiger partial charge in [-0.1, -0.05) is 12.6 Å². The Kier molecular flexibility index (Phi) is 4.00. The molecule has 0 aliphatic carbocycles. The minimum atomic E-state index is -4.66. The molecule has 18 heavy (non-hydrogen) atoms.